The van der Waals surface area contributed by atoms with Gasteiger partial charge in [-0.15, -0.1) is 12.3 Å². The molecule has 0 aromatic carbocycles. The van der Waals surface area contributed by atoms with Crippen LogP contribution >= 0.6 is 0 Å². The van der Waals surface area contributed by atoms with Crippen molar-refractivity contribution in [2.45, 2.75) is 45.7 Å². The van der Waals surface area contributed by atoms with Gasteiger partial charge in [0.25, 0.3) is 0 Å². The van der Waals surface area contributed by atoms with Crippen LogP contribution in [-0.4, -0.2) is 41.1 Å². The predicted molar refractivity (Wildman–Crippen MR) is 70.1 cm³/mol. The number of amides is 2. The molecule has 0 aromatic heterocycles. The lowest BCUT2D eigenvalue weighted by molar-refractivity contribution is -0.139. The molecule has 5 nitrogen and oxygen atoms in total. The molecule has 0 aliphatic rings. The molecule has 0 bridgehead atoms. The minimum absolute atomic E-state index is 0.0204. The number of hydrogen-bond donors (Lipinski definition) is 2. The summed E-state index contributed by atoms with van der Waals surface area (Å²) < 4.78 is 0. The van der Waals surface area contributed by atoms with Crippen molar-refractivity contribution >= 4 is 12.0 Å². The second kappa shape index (κ2) is 7.59. The van der Waals surface area contributed by atoms with Crippen LogP contribution < -0.4 is 5.32 Å². The third kappa shape index (κ3) is 5.58. The first-order valence-corrected chi connectivity index (χ1v) is 5.99. The molecular weight excluding hydrogens is 232 g/mol. The van der Waals surface area contributed by atoms with Gasteiger partial charge in [0, 0.05) is 19.5 Å². The molecule has 0 saturated carbocycles. The first-order valence-electron chi connectivity index (χ1n) is 5.99. The molecule has 0 radical (unpaired) electrons. The van der Waals surface area contributed by atoms with E-state index in [0.29, 0.717) is 5.92 Å². The zero-order valence-corrected chi connectivity index (χ0v) is 11.4. The van der Waals surface area contributed by atoms with Gasteiger partial charge in [0.05, 0.1) is 0 Å². The van der Waals surface area contributed by atoms with E-state index in [1.54, 1.807) is 7.05 Å². The summed E-state index contributed by atoms with van der Waals surface area (Å²) in [5.41, 5.74) is 0. The summed E-state index contributed by atoms with van der Waals surface area (Å²) in [5, 5.41) is 11.3. The molecule has 0 saturated heterocycles. The Balaban J connectivity index is 4.46. The number of nitrogens with zero attached hydrogens (tertiary/aromatic N) is 1. The number of rotatable bonds is 6. The highest BCUT2D eigenvalue weighted by atomic mass is 16.4. The highest BCUT2D eigenvalue weighted by Crippen LogP contribution is 2.09. The van der Waals surface area contributed by atoms with Gasteiger partial charge in [-0.25, -0.2) is 9.59 Å². The molecule has 0 aliphatic heterocycles. The Bertz CT molecular complexity index is 334. The fourth-order valence-corrected chi connectivity index (χ4v) is 1.61. The van der Waals surface area contributed by atoms with Crippen molar-refractivity contribution in [3.05, 3.63) is 0 Å². The van der Waals surface area contributed by atoms with Crippen LogP contribution in [0.15, 0.2) is 0 Å². The Morgan fingerprint density at radius 1 is 1.39 bits per heavy atom. The molecule has 2 atom stereocenters. The number of hydrogen-bond acceptors (Lipinski definition) is 2. The van der Waals surface area contributed by atoms with Crippen molar-refractivity contribution in [1.29, 1.82) is 0 Å². The summed E-state index contributed by atoms with van der Waals surface area (Å²) in [5.74, 6) is 1.59. The molecule has 0 aromatic rings. The van der Waals surface area contributed by atoms with E-state index in [9.17, 15) is 9.59 Å². The van der Waals surface area contributed by atoms with Gasteiger partial charge in [0.1, 0.15) is 6.04 Å². The smallest absolute Gasteiger partial charge is 0.327 e. The maximum atomic E-state index is 11.8. The van der Waals surface area contributed by atoms with E-state index in [1.165, 1.54) is 4.90 Å². The SMILES string of the molecule is C#CCC(NC(=O)N(C)C(C)CC(C)C)C(=O)O. The number of aliphatic carboxylic acids is 1. The zero-order valence-electron chi connectivity index (χ0n) is 11.4. The van der Waals surface area contributed by atoms with E-state index < -0.39 is 18.0 Å². The molecule has 0 fully saturated rings. The summed E-state index contributed by atoms with van der Waals surface area (Å²) in [4.78, 5) is 24.2. The summed E-state index contributed by atoms with van der Waals surface area (Å²) >= 11 is 0. The summed E-state index contributed by atoms with van der Waals surface area (Å²) in [6.07, 6.45) is 5.90. The lowest BCUT2D eigenvalue weighted by atomic mass is 10.0. The molecule has 5 heteroatoms. The van der Waals surface area contributed by atoms with Crippen LogP contribution in [-0.2, 0) is 4.79 Å². The van der Waals surface area contributed by atoms with Crippen molar-refractivity contribution in [2.75, 3.05) is 7.05 Å². The highest BCUT2D eigenvalue weighted by Gasteiger charge is 2.23. The lowest BCUT2D eigenvalue weighted by Gasteiger charge is -2.27. The number of carbonyl (C=O) groups is 2. The lowest BCUT2D eigenvalue weighted by Crippen LogP contribution is -2.49. The average Bonchev–Trinajstić information content (AvgIpc) is 2.26. The average molecular weight is 254 g/mol. The quantitative estimate of drug-likeness (QED) is 0.706. The van der Waals surface area contributed by atoms with Crippen molar-refractivity contribution in [3.63, 3.8) is 0 Å². The fourth-order valence-electron chi connectivity index (χ4n) is 1.61. The molecule has 18 heavy (non-hydrogen) atoms. The largest absolute Gasteiger partial charge is 0.480 e. The van der Waals surface area contributed by atoms with Crippen LogP contribution in [0.3, 0.4) is 0 Å². The second-order valence-electron chi connectivity index (χ2n) is 4.84. The Kier molecular flexibility index (Phi) is 6.88. The molecule has 2 N–H and O–H groups in total. The maximum absolute atomic E-state index is 11.8. The van der Waals surface area contributed by atoms with Gasteiger partial charge in [0.15, 0.2) is 0 Å². The molecule has 0 rings (SSSR count). The fraction of sp³-hybridized carbons (Fsp3) is 0.692. The number of urea groups is 1. The second-order valence-corrected chi connectivity index (χ2v) is 4.84. The van der Waals surface area contributed by atoms with E-state index in [4.69, 9.17) is 11.5 Å². The number of terminal acetylenes is 1. The predicted octanol–water partition coefficient (Wildman–Crippen LogP) is 1.54. The topological polar surface area (TPSA) is 69.6 Å². The molecule has 2 unspecified atom stereocenters. The van der Waals surface area contributed by atoms with E-state index >= 15 is 0 Å². The van der Waals surface area contributed by atoms with Crippen LogP contribution in [0.1, 0.15) is 33.6 Å². The summed E-state index contributed by atoms with van der Waals surface area (Å²) in [6, 6.07) is -1.40. The minimum Gasteiger partial charge on any atom is -0.480 e. The molecule has 2 amide bonds. The van der Waals surface area contributed by atoms with Gasteiger partial charge in [-0.3, -0.25) is 0 Å². The highest BCUT2D eigenvalue weighted by molar-refractivity contribution is 5.82. The zero-order chi connectivity index (χ0) is 14.3. The molecule has 102 valence electrons. The van der Waals surface area contributed by atoms with Crippen molar-refractivity contribution in [2.24, 2.45) is 5.92 Å². The monoisotopic (exact) mass is 254 g/mol. The van der Waals surface area contributed by atoms with Gasteiger partial charge < -0.3 is 15.3 Å². The number of carboxylic acid groups (broad SMARTS) is 1. The van der Waals surface area contributed by atoms with Crippen molar-refractivity contribution in [3.8, 4) is 12.3 Å². The standard InChI is InChI=1S/C13H22N2O3/c1-6-7-11(12(16)17)14-13(18)15(5)10(4)8-9(2)3/h1,9-11H,7-8H2,2-5H3,(H,14,18)(H,16,17). The summed E-state index contributed by atoms with van der Waals surface area (Å²) in [7, 11) is 1.65. The maximum Gasteiger partial charge on any atom is 0.327 e. The van der Waals surface area contributed by atoms with Crippen LogP contribution in [0.5, 0.6) is 0 Å². The van der Waals surface area contributed by atoms with E-state index in [1.807, 2.05) is 6.92 Å². The van der Waals surface area contributed by atoms with Gasteiger partial charge in [-0.1, -0.05) is 13.8 Å². The van der Waals surface area contributed by atoms with Crippen LogP contribution in [0, 0.1) is 18.3 Å². The Hall–Kier alpha value is -1.70. The van der Waals surface area contributed by atoms with E-state index in [0.717, 1.165) is 6.42 Å². The minimum atomic E-state index is -1.12. The first-order chi connectivity index (χ1) is 8.29. The van der Waals surface area contributed by atoms with Crippen LogP contribution in [0.2, 0.25) is 0 Å². The number of nitrogens with one attached hydrogen (secondary N) is 1. The third-order valence-electron chi connectivity index (χ3n) is 2.71. The van der Waals surface area contributed by atoms with Gasteiger partial charge in [-0.05, 0) is 19.3 Å². The Morgan fingerprint density at radius 2 is 1.94 bits per heavy atom. The van der Waals surface area contributed by atoms with Crippen LogP contribution in [0.25, 0.3) is 0 Å². The van der Waals surface area contributed by atoms with Gasteiger partial charge in [0.2, 0.25) is 0 Å². The third-order valence-corrected chi connectivity index (χ3v) is 2.71. The van der Waals surface area contributed by atoms with Gasteiger partial charge >= 0.3 is 12.0 Å². The van der Waals surface area contributed by atoms with E-state index in [2.05, 4.69) is 25.1 Å². The molecular formula is C13H22N2O3. The first kappa shape index (κ1) is 16.3. The van der Waals surface area contributed by atoms with E-state index in [-0.39, 0.29) is 12.5 Å². The van der Waals surface area contributed by atoms with Crippen molar-refractivity contribution < 1.29 is 14.7 Å². The van der Waals surface area contributed by atoms with Crippen LogP contribution in [0.4, 0.5) is 4.79 Å². The number of carboxylic acids is 1. The molecule has 0 aliphatic carbocycles. The Morgan fingerprint density at radius 3 is 2.33 bits per heavy atom. The van der Waals surface area contributed by atoms with Gasteiger partial charge in [-0.2, -0.15) is 0 Å². The molecule has 0 spiro atoms. The Labute approximate surface area is 109 Å². The molecule has 0 heterocycles. The normalized spacial score (nSPS) is 13.6. The number of carbonyl (C=O) groups excluding carboxylic acids is 1. The summed E-state index contributed by atoms with van der Waals surface area (Å²) in [6.45, 7) is 6.07. The van der Waals surface area contributed by atoms with Crippen molar-refractivity contribution in [1.82, 2.24) is 10.2 Å².